The summed E-state index contributed by atoms with van der Waals surface area (Å²) in [6, 6.07) is 32.8. The minimum atomic E-state index is -2.83. The van der Waals surface area contributed by atoms with Crippen molar-refractivity contribution in [2.75, 3.05) is 0 Å². The Morgan fingerprint density at radius 3 is 1.90 bits per heavy atom. The minimum Gasteiger partial charge on any atom is -0.401 e. The van der Waals surface area contributed by atoms with Crippen LogP contribution >= 0.6 is 0 Å². The number of fused-ring (bicyclic) bond motifs is 5. The molecule has 2 unspecified atom stereocenters. The molecule has 3 aromatic rings. The van der Waals surface area contributed by atoms with Gasteiger partial charge in [0.2, 0.25) is 0 Å². The van der Waals surface area contributed by atoms with Gasteiger partial charge in [-0.1, -0.05) is 110 Å². The predicted molar refractivity (Wildman–Crippen MR) is 171 cm³/mol. The third-order valence-electron chi connectivity index (χ3n) is 11.9. The van der Waals surface area contributed by atoms with E-state index >= 15 is 0 Å². The average Bonchev–Trinajstić information content (AvgIpc) is 3.36. The molecule has 4 aliphatic rings. The van der Waals surface area contributed by atoms with Crippen molar-refractivity contribution < 1.29 is 14.0 Å². The summed E-state index contributed by atoms with van der Waals surface area (Å²) < 4.78 is 7.83. The van der Waals surface area contributed by atoms with Crippen LogP contribution in [0.25, 0.3) is 0 Å². The molecule has 0 spiro atoms. The maximum atomic E-state index is 12.9. The molecular weight excluding hydrogens is 533 g/mol. The number of hydrogen-bond acceptors (Lipinski definition) is 3. The zero-order chi connectivity index (χ0) is 29.0. The van der Waals surface area contributed by atoms with Gasteiger partial charge in [-0.25, -0.2) is 0 Å². The van der Waals surface area contributed by atoms with E-state index in [2.05, 4.69) is 105 Å². The molecule has 3 nitrogen and oxygen atoms in total. The van der Waals surface area contributed by atoms with E-state index in [1.54, 1.807) is 0 Å². The molecule has 0 bridgehead atoms. The Balaban J connectivity index is 1.30. The number of aldehydes is 1. The van der Waals surface area contributed by atoms with Gasteiger partial charge in [0.15, 0.2) is 5.78 Å². The summed E-state index contributed by atoms with van der Waals surface area (Å²) in [5.74, 6) is 1.99. The lowest BCUT2D eigenvalue weighted by atomic mass is 9.45. The van der Waals surface area contributed by atoms with E-state index in [0.717, 1.165) is 37.7 Å². The Hall–Kier alpha value is -3.08. The first-order valence-corrected chi connectivity index (χ1v) is 17.9. The summed E-state index contributed by atoms with van der Waals surface area (Å²) in [6.07, 6.45) is 9.60. The van der Waals surface area contributed by atoms with Crippen LogP contribution in [0.2, 0.25) is 0 Å². The van der Waals surface area contributed by atoms with Gasteiger partial charge < -0.3 is 9.22 Å². The van der Waals surface area contributed by atoms with Crippen LogP contribution < -0.4 is 15.6 Å². The van der Waals surface area contributed by atoms with Gasteiger partial charge in [0.1, 0.15) is 6.29 Å². The molecular formula is C38H42O3Si. The standard InChI is InChI=1S/C38H42O3Si/c1-27-24-28-25-29(40)20-23-38(28,26-39)34-21-22-37(2)33(36(27)34)18-19-35(37)41-42(30-12-6-3-7-13-30,31-14-8-4-9-15-31)32-16-10-5-11-17-32/h3-17,25-27,33-36H,18-24H2,1-2H3/t27?,33-,34+,35?,36-,37-,38+/m0/s1. The van der Waals surface area contributed by atoms with Crippen LogP contribution in [-0.4, -0.2) is 26.5 Å². The zero-order valence-electron chi connectivity index (χ0n) is 24.9. The summed E-state index contributed by atoms with van der Waals surface area (Å²) in [5, 5.41) is 3.86. The van der Waals surface area contributed by atoms with Gasteiger partial charge in [-0.15, -0.1) is 0 Å². The highest BCUT2D eigenvalue weighted by Gasteiger charge is 2.63. The first kappa shape index (κ1) is 27.7. The number of hydrogen-bond donors (Lipinski definition) is 0. The van der Waals surface area contributed by atoms with Gasteiger partial charge in [0.05, 0.1) is 11.5 Å². The van der Waals surface area contributed by atoms with Crippen molar-refractivity contribution in [1.29, 1.82) is 0 Å². The minimum absolute atomic E-state index is 0.0434. The van der Waals surface area contributed by atoms with E-state index < -0.39 is 13.7 Å². The molecule has 7 atom stereocenters. The molecule has 0 amide bonds. The number of carbonyl (C=O) groups is 2. The normalized spacial score (nSPS) is 34.1. The molecule has 3 saturated carbocycles. The second kappa shape index (κ2) is 10.6. The molecule has 0 aromatic heterocycles. The molecule has 4 heteroatoms. The highest BCUT2D eigenvalue weighted by atomic mass is 28.4. The number of ketones is 1. The molecule has 7 rings (SSSR count). The quantitative estimate of drug-likeness (QED) is 0.206. The second-order valence-corrected chi connectivity index (χ2v) is 17.1. The topological polar surface area (TPSA) is 43.4 Å². The number of benzene rings is 3. The van der Waals surface area contributed by atoms with E-state index in [4.69, 9.17) is 4.43 Å². The Morgan fingerprint density at radius 1 is 0.786 bits per heavy atom. The highest BCUT2D eigenvalue weighted by Crippen LogP contribution is 2.66. The molecule has 0 N–H and O–H groups in total. The number of rotatable bonds is 6. The van der Waals surface area contributed by atoms with E-state index in [1.165, 1.54) is 21.8 Å². The largest absolute Gasteiger partial charge is 0.401 e. The van der Waals surface area contributed by atoms with Gasteiger partial charge in [-0.2, -0.15) is 0 Å². The van der Waals surface area contributed by atoms with Crippen molar-refractivity contribution in [3.8, 4) is 0 Å². The Kier molecular flexibility index (Phi) is 6.98. The molecule has 0 radical (unpaired) electrons. The molecule has 3 fully saturated rings. The lowest BCUT2D eigenvalue weighted by molar-refractivity contribution is -0.133. The third kappa shape index (κ3) is 4.09. The summed E-state index contributed by atoms with van der Waals surface area (Å²) in [4.78, 5) is 25.3. The van der Waals surface area contributed by atoms with Gasteiger partial charge in [0, 0.05) is 6.42 Å². The molecule has 0 heterocycles. The maximum absolute atomic E-state index is 12.9. The summed E-state index contributed by atoms with van der Waals surface area (Å²) in [5.41, 5.74) is 0.726. The van der Waals surface area contributed by atoms with Crippen LogP contribution in [0.15, 0.2) is 103 Å². The Labute approximate surface area is 251 Å². The Bertz CT molecular complexity index is 1390. The van der Waals surface area contributed by atoms with Crippen molar-refractivity contribution >= 4 is 35.9 Å². The predicted octanol–water partition coefficient (Wildman–Crippen LogP) is 6.00. The SMILES string of the molecule is CC1CC2=CC(=O)CC[C@]2(C=O)[C@@H]2CC[C@]3(C)C(O[Si](c4ccccc4)(c4ccccc4)c4ccccc4)CC[C@H]3[C@H]12. The molecule has 0 aliphatic heterocycles. The van der Waals surface area contributed by atoms with Gasteiger partial charge in [0.25, 0.3) is 8.32 Å². The van der Waals surface area contributed by atoms with E-state index in [1.807, 2.05) is 6.08 Å². The van der Waals surface area contributed by atoms with Gasteiger partial charge in [-0.05, 0) is 89.2 Å². The van der Waals surface area contributed by atoms with Crippen LogP contribution in [0.3, 0.4) is 0 Å². The van der Waals surface area contributed by atoms with Crippen molar-refractivity contribution in [2.45, 2.75) is 64.9 Å². The molecule has 3 aromatic carbocycles. The molecule has 0 saturated heterocycles. The van der Waals surface area contributed by atoms with E-state index in [9.17, 15) is 9.59 Å². The van der Waals surface area contributed by atoms with Crippen LogP contribution in [0.4, 0.5) is 0 Å². The second-order valence-electron chi connectivity index (χ2n) is 13.8. The summed E-state index contributed by atoms with van der Waals surface area (Å²) in [7, 11) is -2.83. The third-order valence-corrected chi connectivity index (χ3v) is 16.0. The van der Waals surface area contributed by atoms with Crippen molar-refractivity contribution in [1.82, 2.24) is 0 Å². The fourth-order valence-electron chi connectivity index (χ4n) is 9.94. The fraction of sp³-hybridized carbons (Fsp3) is 0.421. The van der Waals surface area contributed by atoms with Crippen LogP contribution in [0.1, 0.15) is 58.8 Å². The van der Waals surface area contributed by atoms with E-state index in [-0.39, 0.29) is 17.3 Å². The summed E-state index contributed by atoms with van der Waals surface area (Å²) >= 11 is 0. The van der Waals surface area contributed by atoms with Crippen molar-refractivity contribution in [3.05, 3.63) is 103 Å². The lowest BCUT2D eigenvalue weighted by Crippen LogP contribution is -2.71. The first-order valence-electron chi connectivity index (χ1n) is 16.0. The number of carbonyl (C=O) groups excluding carboxylic acids is 2. The lowest BCUT2D eigenvalue weighted by Gasteiger charge is -2.59. The zero-order valence-corrected chi connectivity index (χ0v) is 25.9. The Morgan fingerprint density at radius 2 is 1.36 bits per heavy atom. The molecule has 4 aliphatic carbocycles. The highest BCUT2D eigenvalue weighted by molar-refractivity contribution is 7.07. The fourth-order valence-corrected chi connectivity index (χ4v) is 14.1. The van der Waals surface area contributed by atoms with Crippen molar-refractivity contribution in [2.24, 2.45) is 34.5 Å². The van der Waals surface area contributed by atoms with Crippen molar-refractivity contribution in [3.63, 3.8) is 0 Å². The average molecular weight is 575 g/mol. The molecule has 216 valence electrons. The van der Waals surface area contributed by atoms with Gasteiger partial charge in [-0.3, -0.25) is 4.79 Å². The smallest absolute Gasteiger partial charge is 0.288 e. The van der Waals surface area contributed by atoms with Crippen LogP contribution in [0.5, 0.6) is 0 Å². The van der Waals surface area contributed by atoms with E-state index in [0.29, 0.717) is 36.5 Å². The first-order chi connectivity index (χ1) is 20.4. The summed E-state index contributed by atoms with van der Waals surface area (Å²) in [6.45, 7) is 4.88. The van der Waals surface area contributed by atoms with Gasteiger partial charge >= 0.3 is 0 Å². The monoisotopic (exact) mass is 574 g/mol. The van der Waals surface area contributed by atoms with Crippen LogP contribution in [-0.2, 0) is 14.0 Å². The van der Waals surface area contributed by atoms with Crippen LogP contribution in [0, 0.1) is 34.5 Å². The number of allylic oxidation sites excluding steroid dienone is 1. The molecule has 42 heavy (non-hydrogen) atoms. The maximum Gasteiger partial charge on any atom is 0.288 e.